The minimum absolute atomic E-state index is 0.194. The number of hydrogen-bond donors (Lipinski definition) is 1. The molecule has 0 aliphatic carbocycles. The van der Waals surface area contributed by atoms with Gasteiger partial charge in [0, 0.05) is 19.1 Å². The van der Waals surface area contributed by atoms with E-state index in [4.69, 9.17) is 0 Å². The van der Waals surface area contributed by atoms with Crippen LogP contribution < -0.4 is 5.32 Å². The standard InChI is InChI=1S/C15H30N2O2S/c1-2-4-14-5-3-9-17(10-6-14)11-8-16-15-7-12-20(18,19)13-15/h14-16H,2-13H2,1H3. The summed E-state index contributed by atoms with van der Waals surface area (Å²) in [7, 11) is -2.75. The first-order valence-electron chi connectivity index (χ1n) is 8.25. The first-order chi connectivity index (χ1) is 9.59. The van der Waals surface area contributed by atoms with Crippen molar-refractivity contribution < 1.29 is 8.42 Å². The van der Waals surface area contributed by atoms with Crippen LogP contribution in [0.4, 0.5) is 0 Å². The first-order valence-corrected chi connectivity index (χ1v) is 10.1. The molecule has 2 aliphatic rings. The van der Waals surface area contributed by atoms with Crippen LogP contribution in [-0.2, 0) is 9.84 Å². The summed E-state index contributed by atoms with van der Waals surface area (Å²) in [4.78, 5) is 2.55. The highest BCUT2D eigenvalue weighted by Gasteiger charge is 2.27. The molecule has 0 saturated carbocycles. The molecule has 0 spiro atoms. The van der Waals surface area contributed by atoms with E-state index in [1.54, 1.807) is 0 Å². The molecule has 2 fully saturated rings. The molecule has 2 aliphatic heterocycles. The highest BCUT2D eigenvalue weighted by Crippen LogP contribution is 2.21. The summed E-state index contributed by atoms with van der Waals surface area (Å²) in [5.41, 5.74) is 0. The second kappa shape index (κ2) is 7.76. The van der Waals surface area contributed by atoms with Crippen LogP contribution in [0.1, 0.15) is 45.4 Å². The van der Waals surface area contributed by atoms with Crippen molar-refractivity contribution in [3.63, 3.8) is 0 Å². The molecule has 0 aromatic rings. The van der Waals surface area contributed by atoms with Crippen LogP contribution >= 0.6 is 0 Å². The van der Waals surface area contributed by atoms with Crippen LogP contribution in [0.3, 0.4) is 0 Å². The van der Waals surface area contributed by atoms with E-state index >= 15 is 0 Å². The van der Waals surface area contributed by atoms with Crippen molar-refractivity contribution in [1.29, 1.82) is 0 Å². The molecule has 0 radical (unpaired) electrons. The fourth-order valence-electron chi connectivity index (χ4n) is 3.53. The molecule has 2 rings (SSSR count). The maximum absolute atomic E-state index is 11.4. The average molecular weight is 302 g/mol. The van der Waals surface area contributed by atoms with Crippen LogP contribution in [-0.4, -0.2) is 57.0 Å². The van der Waals surface area contributed by atoms with Crippen LogP contribution in [0.2, 0.25) is 0 Å². The van der Waals surface area contributed by atoms with Crippen molar-refractivity contribution in [3.8, 4) is 0 Å². The molecule has 2 saturated heterocycles. The van der Waals surface area contributed by atoms with Gasteiger partial charge in [-0.25, -0.2) is 8.42 Å². The van der Waals surface area contributed by atoms with Gasteiger partial charge in [-0.2, -0.15) is 0 Å². The highest BCUT2D eigenvalue weighted by atomic mass is 32.2. The van der Waals surface area contributed by atoms with E-state index < -0.39 is 9.84 Å². The Morgan fingerprint density at radius 1 is 1.20 bits per heavy atom. The van der Waals surface area contributed by atoms with Gasteiger partial charge in [-0.05, 0) is 44.7 Å². The molecule has 0 aromatic heterocycles. The van der Waals surface area contributed by atoms with Crippen LogP contribution in [0.5, 0.6) is 0 Å². The molecule has 118 valence electrons. The molecule has 2 unspecified atom stereocenters. The second-order valence-electron chi connectivity index (χ2n) is 6.48. The largest absolute Gasteiger partial charge is 0.312 e. The maximum atomic E-state index is 11.4. The molecule has 2 atom stereocenters. The highest BCUT2D eigenvalue weighted by molar-refractivity contribution is 7.91. The van der Waals surface area contributed by atoms with E-state index in [1.165, 1.54) is 45.2 Å². The van der Waals surface area contributed by atoms with E-state index in [-0.39, 0.29) is 6.04 Å². The van der Waals surface area contributed by atoms with Crippen molar-refractivity contribution >= 4 is 9.84 Å². The second-order valence-corrected chi connectivity index (χ2v) is 8.71. The van der Waals surface area contributed by atoms with Crippen LogP contribution in [0, 0.1) is 5.92 Å². The number of rotatable bonds is 6. The predicted molar refractivity (Wildman–Crippen MR) is 83.8 cm³/mol. The fraction of sp³-hybridized carbons (Fsp3) is 1.00. The summed E-state index contributed by atoms with van der Waals surface area (Å²) in [6.45, 7) is 6.70. The summed E-state index contributed by atoms with van der Waals surface area (Å²) >= 11 is 0. The number of likely N-dealkylation sites (tertiary alicyclic amines) is 1. The van der Waals surface area contributed by atoms with Gasteiger partial charge in [0.1, 0.15) is 0 Å². The quantitative estimate of drug-likeness (QED) is 0.811. The lowest BCUT2D eigenvalue weighted by atomic mass is 9.96. The van der Waals surface area contributed by atoms with E-state index in [1.807, 2.05) is 0 Å². The molecule has 4 nitrogen and oxygen atoms in total. The van der Waals surface area contributed by atoms with Crippen LogP contribution in [0.25, 0.3) is 0 Å². The smallest absolute Gasteiger partial charge is 0.151 e. The fourth-order valence-corrected chi connectivity index (χ4v) is 5.24. The molecular weight excluding hydrogens is 272 g/mol. The minimum Gasteiger partial charge on any atom is -0.312 e. The molecule has 5 heteroatoms. The van der Waals surface area contributed by atoms with Gasteiger partial charge >= 0.3 is 0 Å². The summed E-state index contributed by atoms with van der Waals surface area (Å²) in [6.07, 6.45) is 7.53. The Hall–Kier alpha value is -0.130. The van der Waals surface area contributed by atoms with E-state index in [0.717, 1.165) is 25.4 Å². The van der Waals surface area contributed by atoms with Crippen molar-refractivity contribution in [1.82, 2.24) is 10.2 Å². The number of hydrogen-bond acceptors (Lipinski definition) is 4. The molecule has 0 bridgehead atoms. The Morgan fingerprint density at radius 3 is 2.75 bits per heavy atom. The summed E-state index contributed by atoms with van der Waals surface area (Å²) in [5, 5.41) is 3.42. The molecule has 0 amide bonds. The Morgan fingerprint density at radius 2 is 2.05 bits per heavy atom. The van der Waals surface area contributed by atoms with Crippen molar-refractivity contribution in [2.75, 3.05) is 37.7 Å². The van der Waals surface area contributed by atoms with Crippen molar-refractivity contribution in [2.24, 2.45) is 5.92 Å². The lowest BCUT2D eigenvalue weighted by Crippen LogP contribution is -2.38. The normalized spacial score (nSPS) is 31.2. The monoisotopic (exact) mass is 302 g/mol. The molecule has 0 aromatic carbocycles. The van der Waals surface area contributed by atoms with Crippen LogP contribution in [0.15, 0.2) is 0 Å². The summed E-state index contributed by atoms with van der Waals surface area (Å²) in [6, 6.07) is 0.194. The van der Waals surface area contributed by atoms with Gasteiger partial charge in [-0.3, -0.25) is 0 Å². The van der Waals surface area contributed by atoms with E-state index in [9.17, 15) is 8.42 Å². The molecule has 1 N–H and O–H groups in total. The third-order valence-electron chi connectivity index (χ3n) is 4.73. The maximum Gasteiger partial charge on any atom is 0.151 e. The summed E-state index contributed by atoms with van der Waals surface area (Å²) < 4.78 is 22.8. The van der Waals surface area contributed by atoms with Gasteiger partial charge in [0.2, 0.25) is 0 Å². The average Bonchev–Trinajstić information content (AvgIpc) is 2.61. The van der Waals surface area contributed by atoms with Gasteiger partial charge in [0.05, 0.1) is 11.5 Å². The zero-order valence-electron chi connectivity index (χ0n) is 12.8. The topological polar surface area (TPSA) is 49.4 Å². The van der Waals surface area contributed by atoms with Gasteiger partial charge in [0.25, 0.3) is 0 Å². The van der Waals surface area contributed by atoms with E-state index in [2.05, 4.69) is 17.1 Å². The Bertz CT molecular complexity index is 383. The van der Waals surface area contributed by atoms with Crippen molar-refractivity contribution in [2.45, 2.75) is 51.5 Å². The summed E-state index contributed by atoms with van der Waals surface area (Å²) in [5.74, 6) is 1.64. The Labute approximate surface area is 124 Å². The predicted octanol–water partition coefficient (Wildman–Crippen LogP) is 1.67. The van der Waals surface area contributed by atoms with Crippen molar-refractivity contribution in [3.05, 3.63) is 0 Å². The third kappa shape index (κ3) is 5.34. The minimum atomic E-state index is -2.75. The Balaban J connectivity index is 1.62. The van der Waals surface area contributed by atoms with Gasteiger partial charge in [-0.15, -0.1) is 0 Å². The molecule has 2 heterocycles. The molecular formula is C15H30N2O2S. The zero-order valence-corrected chi connectivity index (χ0v) is 13.6. The lowest BCUT2D eigenvalue weighted by molar-refractivity contribution is 0.275. The third-order valence-corrected chi connectivity index (χ3v) is 6.50. The number of sulfone groups is 1. The van der Waals surface area contributed by atoms with Gasteiger partial charge in [0.15, 0.2) is 9.84 Å². The van der Waals surface area contributed by atoms with Gasteiger partial charge < -0.3 is 10.2 Å². The molecule has 20 heavy (non-hydrogen) atoms. The van der Waals surface area contributed by atoms with Gasteiger partial charge in [-0.1, -0.05) is 19.8 Å². The Kier molecular flexibility index (Phi) is 6.30. The SMILES string of the molecule is CCCC1CCCN(CCNC2CCS(=O)(=O)C2)CC1. The first kappa shape index (κ1) is 16.2. The lowest BCUT2D eigenvalue weighted by Gasteiger charge is -2.21. The number of nitrogens with one attached hydrogen (secondary N) is 1. The number of nitrogens with zero attached hydrogens (tertiary/aromatic N) is 1. The zero-order chi connectivity index (χ0) is 14.4. The van der Waals surface area contributed by atoms with E-state index in [0.29, 0.717) is 11.5 Å².